The first-order valence-corrected chi connectivity index (χ1v) is 10.2. The van der Waals surface area contributed by atoms with E-state index in [1.165, 1.54) is 26.4 Å². The molecule has 0 spiro atoms. The van der Waals surface area contributed by atoms with Gasteiger partial charge in [-0.15, -0.1) is 0 Å². The summed E-state index contributed by atoms with van der Waals surface area (Å²) in [6, 6.07) is 11.3. The van der Waals surface area contributed by atoms with E-state index in [4.69, 9.17) is 14.2 Å². The normalized spacial score (nSPS) is 15.1. The van der Waals surface area contributed by atoms with Crippen LogP contribution in [0.15, 0.2) is 42.5 Å². The predicted molar refractivity (Wildman–Crippen MR) is 115 cm³/mol. The molecule has 1 atom stereocenters. The quantitative estimate of drug-likeness (QED) is 0.704. The maximum atomic E-state index is 12.7. The van der Waals surface area contributed by atoms with Gasteiger partial charge in [-0.1, -0.05) is 0 Å². The highest BCUT2D eigenvalue weighted by Gasteiger charge is 2.28. The van der Waals surface area contributed by atoms with E-state index in [2.05, 4.69) is 5.32 Å². The number of hydrogen-bond acceptors (Lipinski definition) is 6. The number of likely N-dealkylation sites (tertiary alicyclic amines) is 1. The highest BCUT2D eigenvalue weighted by molar-refractivity contribution is 5.95. The molecule has 3 rings (SSSR count). The van der Waals surface area contributed by atoms with E-state index in [9.17, 15) is 14.7 Å². The molecule has 1 unspecified atom stereocenters. The number of hydrogen-bond donors (Lipinski definition) is 2. The van der Waals surface area contributed by atoms with Gasteiger partial charge in [-0.25, -0.2) is 0 Å². The summed E-state index contributed by atoms with van der Waals surface area (Å²) in [5, 5.41) is 12.4. The molecular weight excluding hydrogens is 400 g/mol. The van der Waals surface area contributed by atoms with Crippen molar-refractivity contribution in [2.75, 3.05) is 27.3 Å². The zero-order valence-electron chi connectivity index (χ0n) is 18.0. The molecule has 0 aliphatic carbocycles. The number of amides is 2. The van der Waals surface area contributed by atoms with Gasteiger partial charge in [0, 0.05) is 30.8 Å². The molecular formula is C23H28N2O6. The molecule has 2 amide bonds. The average Bonchev–Trinajstić information content (AvgIpc) is 2.80. The summed E-state index contributed by atoms with van der Waals surface area (Å²) >= 11 is 0. The van der Waals surface area contributed by atoms with Gasteiger partial charge in [-0.2, -0.15) is 0 Å². The third kappa shape index (κ3) is 5.81. The number of phenolic OH excluding ortho intramolecular Hbond substituents is 1. The second kappa shape index (κ2) is 10.1. The van der Waals surface area contributed by atoms with Crippen molar-refractivity contribution in [3.8, 4) is 23.0 Å². The smallest absolute Gasteiger partial charge is 0.263 e. The van der Waals surface area contributed by atoms with Crippen LogP contribution in [0.1, 0.15) is 30.1 Å². The second-order valence-corrected chi connectivity index (χ2v) is 7.43. The number of rotatable bonds is 7. The van der Waals surface area contributed by atoms with Crippen LogP contribution in [0.2, 0.25) is 0 Å². The molecule has 2 N–H and O–H groups in total. The molecule has 0 radical (unpaired) electrons. The van der Waals surface area contributed by atoms with Gasteiger partial charge in [0.05, 0.1) is 14.2 Å². The minimum Gasteiger partial charge on any atom is -0.508 e. The standard InChI is InChI=1S/C23H28N2O6/c1-15(31-19-6-4-18(26)5-7-19)23(28)25-10-8-17(9-11-25)24-22(27)16-12-20(29-2)14-21(13-16)30-3/h4-7,12-15,17,26H,8-11H2,1-3H3,(H,24,27). The number of nitrogens with zero attached hydrogens (tertiary/aromatic N) is 1. The summed E-state index contributed by atoms with van der Waals surface area (Å²) in [4.78, 5) is 27.1. The Morgan fingerprint density at radius 3 is 2.13 bits per heavy atom. The first-order valence-electron chi connectivity index (χ1n) is 10.2. The lowest BCUT2D eigenvalue weighted by Gasteiger charge is -2.33. The molecule has 0 aromatic heterocycles. The van der Waals surface area contributed by atoms with E-state index in [0.717, 1.165) is 0 Å². The molecule has 8 nitrogen and oxygen atoms in total. The molecule has 1 saturated heterocycles. The number of piperidine rings is 1. The third-order valence-electron chi connectivity index (χ3n) is 5.25. The lowest BCUT2D eigenvalue weighted by atomic mass is 10.0. The molecule has 0 saturated carbocycles. The second-order valence-electron chi connectivity index (χ2n) is 7.43. The molecule has 1 heterocycles. The lowest BCUT2D eigenvalue weighted by Crippen LogP contribution is -2.49. The topological polar surface area (TPSA) is 97.3 Å². The van der Waals surface area contributed by atoms with Crippen molar-refractivity contribution in [1.29, 1.82) is 0 Å². The fraction of sp³-hybridized carbons (Fsp3) is 0.391. The Labute approximate surface area is 181 Å². The number of benzene rings is 2. The van der Waals surface area contributed by atoms with Gasteiger partial charge in [-0.05, 0) is 56.2 Å². The van der Waals surface area contributed by atoms with E-state index in [1.54, 1.807) is 42.2 Å². The minimum absolute atomic E-state index is 0.0259. The van der Waals surface area contributed by atoms with Crippen LogP contribution in [0.3, 0.4) is 0 Å². The van der Waals surface area contributed by atoms with Crippen molar-refractivity contribution in [2.45, 2.75) is 31.9 Å². The van der Waals surface area contributed by atoms with Crippen LogP contribution in [-0.4, -0.2) is 61.3 Å². The number of carbonyl (C=O) groups is 2. The number of phenols is 1. The Balaban J connectivity index is 1.51. The fourth-order valence-electron chi connectivity index (χ4n) is 3.49. The fourth-order valence-corrected chi connectivity index (χ4v) is 3.49. The lowest BCUT2D eigenvalue weighted by molar-refractivity contribution is -0.139. The maximum Gasteiger partial charge on any atom is 0.263 e. The zero-order valence-corrected chi connectivity index (χ0v) is 18.0. The van der Waals surface area contributed by atoms with Crippen LogP contribution in [0.5, 0.6) is 23.0 Å². The Kier molecular flexibility index (Phi) is 7.23. The predicted octanol–water partition coefficient (Wildman–Crippen LogP) is 2.60. The molecule has 1 aliphatic rings. The van der Waals surface area contributed by atoms with E-state index in [1.807, 2.05) is 0 Å². The number of aromatic hydroxyl groups is 1. The summed E-state index contributed by atoms with van der Waals surface area (Å²) in [7, 11) is 3.07. The number of methoxy groups -OCH3 is 2. The highest BCUT2D eigenvalue weighted by atomic mass is 16.5. The SMILES string of the molecule is COc1cc(OC)cc(C(=O)NC2CCN(C(=O)C(C)Oc3ccc(O)cc3)CC2)c1. The Bertz CT molecular complexity index is 885. The summed E-state index contributed by atoms with van der Waals surface area (Å²) in [5.74, 6) is 1.46. The van der Waals surface area contributed by atoms with E-state index in [0.29, 0.717) is 48.7 Å². The Morgan fingerprint density at radius 1 is 1.00 bits per heavy atom. The van der Waals surface area contributed by atoms with Gasteiger partial charge in [0.1, 0.15) is 23.0 Å². The first kappa shape index (κ1) is 22.3. The first-order chi connectivity index (χ1) is 14.9. The van der Waals surface area contributed by atoms with Crippen molar-refractivity contribution in [3.05, 3.63) is 48.0 Å². The van der Waals surface area contributed by atoms with E-state index < -0.39 is 6.10 Å². The van der Waals surface area contributed by atoms with Crippen LogP contribution in [0.4, 0.5) is 0 Å². The average molecular weight is 428 g/mol. The van der Waals surface area contributed by atoms with Crippen LogP contribution in [0, 0.1) is 0 Å². The molecule has 1 fully saturated rings. The molecule has 2 aromatic carbocycles. The van der Waals surface area contributed by atoms with Gasteiger partial charge < -0.3 is 29.5 Å². The van der Waals surface area contributed by atoms with Crippen molar-refractivity contribution in [1.82, 2.24) is 10.2 Å². The minimum atomic E-state index is -0.639. The largest absolute Gasteiger partial charge is 0.508 e. The Hall–Kier alpha value is -3.42. The summed E-state index contributed by atoms with van der Waals surface area (Å²) < 4.78 is 16.1. The molecule has 31 heavy (non-hydrogen) atoms. The molecule has 8 heteroatoms. The van der Waals surface area contributed by atoms with E-state index >= 15 is 0 Å². The number of nitrogens with one attached hydrogen (secondary N) is 1. The number of ether oxygens (including phenoxy) is 3. The summed E-state index contributed by atoms with van der Waals surface area (Å²) in [6.45, 7) is 2.78. The van der Waals surface area contributed by atoms with Crippen molar-refractivity contribution in [2.24, 2.45) is 0 Å². The maximum absolute atomic E-state index is 12.7. The third-order valence-corrected chi connectivity index (χ3v) is 5.25. The van der Waals surface area contributed by atoms with Crippen molar-refractivity contribution in [3.63, 3.8) is 0 Å². The summed E-state index contributed by atoms with van der Waals surface area (Å²) in [5.41, 5.74) is 0.464. The van der Waals surface area contributed by atoms with Crippen molar-refractivity contribution >= 4 is 11.8 Å². The molecule has 166 valence electrons. The van der Waals surface area contributed by atoms with Crippen LogP contribution in [-0.2, 0) is 4.79 Å². The van der Waals surface area contributed by atoms with Gasteiger partial charge in [0.15, 0.2) is 6.10 Å². The van der Waals surface area contributed by atoms with Crippen molar-refractivity contribution < 1.29 is 28.9 Å². The van der Waals surface area contributed by atoms with Crippen LogP contribution >= 0.6 is 0 Å². The van der Waals surface area contributed by atoms with Crippen LogP contribution in [0.25, 0.3) is 0 Å². The van der Waals surface area contributed by atoms with Crippen LogP contribution < -0.4 is 19.5 Å². The zero-order chi connectivity index (χ0) is 22.4. The molecule has 1 aliphatic heterocycles. The van der Waals surface area contributed by atoms with Gasteiger partial charge in [0.25, 0.3) is 11.8 Å². The highest BCUT2D eigenvalue weighted by Crippen LogP contribution is 2.23. The van der Waals surface area contributed by atoms with Gasteiger partial charge in [-0.3, -0.25) is 9.59 Å². The molecule has 2 aromatic rings. The van der Waals surface area contributed by atoms with E-state index in [-0.39, 0.29) is 23.6 Å². The van der Waals surface area contributed by atoms with Gasteiger partial charge >= 0.3 is 0 Å². The molecule has 0 bridgehead atoms. The summed E-state index contributed by atoms with van der Waals surface area (Å²) in [6.07, 6.45) is 0.676. The Morgan fingerprint density at radius 2 is 1.58 bits per heavy atom. The van der Waals surface area contributed by atoms with Gasteiger partial charge in [0.2, 0.25) is 0 Å². The number of carbonyl (C=O) groups excluding carboxylic acids is 2. The monoisotopic (exact) mass is 428 g/mol.